The summed E-state index contributed by atoms with van der Waals surface area (Å²) in [6.07, 6.45) is 1.95. The van der Waals surface area contributed by atoms with E-state index in [1.54, 1.807) is 18.2 Å². The number of carbonyl (C=O) groups is 1. The minimum absolute atomic E-state index is 0. The topological polar surface area (TPSA) is 127 Å². The van der Waals surface area contributed by atoms with Crippen LogP contribution in [0.15, 0.2) is 60.8 Å². The Morgan fingerprint density at radius 2 is 1.86 bits per heavy atom. The summed E-state index contributed by atoms with van der Waals surface area (Å²) in [5.74, 6) is -1.33. The maximum atomic E-state index is 13.6. The summed E-state index contributed by atoms with van der Waals surface area (Å²) in [4.78, 5) is 15.6. The number of rotatable bonds is 11. The molecule has 0 saturated carbocycles. The van der Waals surface area contributed by atoms with E-state index in [2.05, 4.69) is 10.3 Å². The first-order chi connectivity index (χ1) is 15.9. The lowest BCUT2D eigenvalue weighted by molar-refractivity contribution is 0.0997. The number of nitrogens with two attached hydrogens (primary N) is 1. The van der Waals surface area contributed by atoms with Crippen LogP contribution in [0.2, 0.25) is 0 Å². The number of halogens is 3. The number of phenols is 1. The fraction of sp³-hybridized carbons (Fsp3) is 0.250. The number of pyridine rings is 1. The smallest absolute Gasteiger partial charge is 0.254 e. The van der Waals surface area contributed by atoms with Crippen LogP contribution in [-0.2, 0) is 6.42 Å². The van der Waals surface area contributed by atoms with Gasteiger partial charge in [0, 0.05) is 12.2 Å². The number of aliphatic hydroxyl groups excluding tert-OH is 1. The molecule has 0 spiro atoms. The minimum atomic E-state index is -0.767. The number of aromatic hydroxyl groups is 1. The van der Waals surface area contributed by atoms with E-state index in [-0.39, 0.29) is 54.7 Å². The number of hydrogen-bond donors (Lipinski definition) is 4. The van der Waals surface area contributed by atoms with Crippen LogP contribution in [0.25, 0.3) is 0 Å². The lowest BCUT2D eigenvalue weighted by Gasteiger charge is -2.25. The Kier molecular flexibility index (Phi) is 12.2. The number of hydrogen-bond acceptors (Lipinski definition) is 7. The highest BCUT2D eigenvalue weighted by Gasteiger charge is 2.18. The lowest BCUT2D eigenvalue weighted by atomic mass is 10.1. The van der Waals surface area contributed by atoms with Gasteiger partial charge in [0.15, 0.2) is 17.3 Å². The van der Waals surface area contributed by atoms with Crippen molar-refractivity contribution in [3.05, 3.63) is 77.7 Å². The zero-order valence-electron chi connectivity index (χ0n) is 18.9. The largest absolute Gasteiger partial charge is 0.502 e. The Balaban J connectivity index is 0.00000306. The predicted molar refractivity (Wildman–Crippen MR) is 134 cm³/mol. The van der Waals surface area contributed by atoms with Gasteiger partial charge in [-0.1, -0.05) is 25.1 Å². The summed E-state index contributed by atoms with van der Waals surface area (Å²) in [5, 5.41) is 22.8. The van der Waals surface area contributed by atoms with Gasteiger partial charge in [-0.2, -0.15) is 0 Å². The zero-order chi connectivity index (χ0) is 23.8. The average Bonchev–Trinajstić information content (AvgIpc) is 2.82. The number of aliphatic hydroxyl groups is 1. The number of phenolic OH excluding ortho intramolecular Hbond substituents is 1. The third-order valence-corrected chi connectivity index (χ3v) is 4.89. The number of amides is 1. The van der Waals surface area contributed by atoms with E-state index in [1.165, 1.54) is 24.4 Å². The molecule has 190 valence electrons. The molecule has 35 heavy (non-hydrogen) atoms. The molecule has 3 aromatic rings. The van der Waals surface area contributed by atoms with Crippen LogP contribution in [0.1, 0.15) is 29.3 Å². The van der Waals surface area contributed by atoms with Crippen molar-refractivity contribution >= 4 is 30.7 Å². The van der Waals surface area contributed by atoms with E-state index in [0.717, 1.165) is 11.6 Å². The van der Waals surface area contributed by atoms with Gasteiger partial charge in [-0.25, -0.2) is 9.37 Å². The second kappa shape index (κ2) is 14.3. The van der Waals surface area contributed by atoms with Crippen molar-refractivity contribution in [2.45, 2.75) is 32.0 Å². The van der Waals surface area contributed by atoms with Crippen LogP contribution in [0.5, 0.6) is 23.1 Å². The van der Waals surface area contributed by atoms with Gasteiger partial charge in [0.1, 0.15) is 17.5 Å². The molecule has 11 heteroatoms. The van der Waals surface area contributed by atoms with Crippen molar-refractivity contribution in [3.63, 3.8) is 0 Å². The second-order valence-corrected chi connectivity index (χ2v) is 7.32. The van der Waals surface area contributed by atoms with Gasteiger partial charge in [0.05, 0.1) is 6.61 Å². The molecular weight excluding hydrogens is 500 g/mol. The van der Waals surface area contributed by atoms with Crippen LogP contribution >= 0.6 is 24.8 Å². The highest BCUT2D eigenvalue weighted by molar-refractivity contribution is 5.95. The van der Waals surface area contributed by atoms with E-state index in [4.69, 9.17) is 15.2 Å². The predicted octanol–water partition coefficient (Wildman–Crippen LogP) is 3.97. The molecule has 1 aromatic heterocycles. The Bertz CT molecular complexity index is 1090. The number of ether oxygens (including phenoxy) is 2. The SMILES string of the molecule is CC[C@@H](N[C@H](CO)Cc1ccc(Oc2ncccc2C(N)=O)cc1)Oc1cccc(F)c1O.Cl.Cl. The van der Waals surface area contributed by atoms with Gasteiger partial charge < -0.3 is 25.4 Å². The molecule has 5 N–H and O–H groups in total. The maximum Gasteiger partial charge on any atom is 0.254 e. The van der Waals surface area contributed by atoms with Gasteiger partial charge in [-0.15, -0.1) is 24.8 Å². The second-order valence-electron chi connectivity index (χ2n) is 7.32. The average molecular weight is 528 g/mol. The van der Waals surface area contributed by atoms with Crippen molar-refractivity contribution < 1.29 is 28.9 Å². The van der Waals surface area contributed by atoms with Crippen molar-refractivity contribution in [3.8, 4) is 23.1 Å². The van der Waals surface area contributed by atoms with E-state index in [1.807, 2.05) is 19.1 Å². The molecule has 1 heterocycles. The molecule has 0 saturated heterocycles. The number of carbonyl (C=O) groups excluding carboxylic acids is 1. The fourth-order valence-corrected chi connectivity index (χ4v) is 3.17. The van der Waals surface area contributed by atoms with Crippen LogP contribution in [-0.4, -0.2) is 40.0 Å². The molecule has 3 rings (SSSR count). The Labute approximate surface area is 215 Å². The Hall–Kier alpha value is -3.11. The summed E-state index contributed by atoms with van der Waals surface area (Å²) in [7, 11) is 0. The summed E-state index contributed by atoms with van der Waals surface area (Å²) in [5.41, 5.74) is 6.44. The summed E-state index contributed by atoms with van der Waals surface area (Å²) in [6.45, 7) is 1.70. The van der Waals surface area contributed by atoms with Gasteiger partial charge in [-0.05, 0) is 54.8 Å². The van der Waals surface area contributed by atoms with E-state index in [0.29, 0.717) is 18.6 Å². The number of para-hydroxylation sites is 1. The van der Waals surface area contributed by atoms with E-state index < -0.39 is 23.7 Å². The third kappa shape index (κ3) is 8.25. The van der Waals surface area contributed by atoms with Gasteiger partial charge in [-0.3, -0.25) is 10.1 Å². The molecule has 0 aliphatic rings. The first-order valence-corrected chi connectivity index (χ1v) is 10.4. The number of nitrogens with one attached hydrogen (secondary N) is 1. The van der Waals surface area contributed by atoms with E-state index >= 15 is 0 Å². The highest BCUT2D eigenvalue weighted by Crippen LogP contribution is 2.29. The quantitative estimate of drug-likeness (QED) is 0.278. The van der Waals surface area contributed by atoms with E-state index in [9.17, 15) is 19.4 Å². The lowest BCUT2D eigenvalue weighted by Crippen LogP contribution is -2.44. The van der Waals surface area contributed by atoms with Gasteiger partial charge in [0.25, 0.3) is 5.91 Å². The fourth-order valence-electron chi connectivity index (χ4n) is 3.17. The Morgan fingerprint density at radius 1 is 1.14 bits per heavy atom. The number of nitrogens with zero attached hydrogens (tertiary/aromatic N) is 1. The normalized spacial score (nSPS) is 12.0. The number of benzene rings is 2. The number of aromatic nitrogens is 1. The number of primary amides is 1. The first kappa shape index (κ1) is 29.9. The monoisotopic (exact) mass is 527 g/mol. The third-order valence-electron chi connectivity index (χ3n) is 4.89. The van der Waals surface area contributed by atoms with Crippen LogP contribution in [0.4, 0.5) is 4.39 Å². The van der Waals surface area contributed by atoms with Gasteiger partial charge in [0.2, 0.25) is 5.88 Å². The summed E-state index contributed by atoms with van der Waals surface area (Å²) in [6, 6.07) is 13.9. The maximum absolute atomic E-state index is 13.6. The molecule has 0 aliphatic carbocycles. The molecule has 0 aliphatic heterocycles. The van der Waals surface area contributed by atoms with Crippen molar-refractivity contribution in [2.75, 3.05) is 6.61 Å². The molecule has 0 bridgehead atoms. The molecule has 8 nitrogen and oxygen atoms in total. The van der Waals surface area contributed by atoms with Crippen LogP contribution in [0, 0.1) is 5.82 Å². The molecule has 0 radical (unpaired) electrons. The van der Waals surface area contributed by atoms with Crippen molar-refractivity contribution in [1.29, 1.82) is 0 Å². The molecule has 2 aromatic carbocycles. The molecule has 0 fully saturated rings. The van der Waals surface area contributed by atoms with Crippen molar-refractivity contribution in [1.82, 2.24) is 10.3 Å². The summed E-state index contributed by atoms with van der Waals surface area (Å²) >= 11 is 0. The van der Waals surface area contributed by atoms with Crippen LogP contribution in [0.3, 0.4) is 0 Å². The Morgan fingerprint density at radius 3 is 2.49 bits per heavy atom. The highest BCUT2D eigenvalue weighted by atomic mass is 35.5. The molecule has 2 atom stereocenters. The molecular formula is C24H28Cl2FN3O5. The summed E-state index contributed by atoms with van der Waals surface area (Å²) < 4.78 is 24.9. The van der Waals surface area contributed by atoms with Crippen LogP contribution < -0.4 is 20.5 Å². The standard InChI is InChI=1S/C24H26FN3O5.2ClH/c1-2-21(33-20-7-3-6-19(25)22(20)30)28-16(14-29)13-15-8-10-17(11-9-15)32-24-18(23(26)31)5-4-12-27-24;;/h3-12,16,21,28-30H,2,13-14H2,1H3,(H2,26,31);2*1H/t16-,21-;;/m0../s1. The van der Waals surface area contributed by atoms with Gasteiger partial charge >= 0.3 is 0 Å². The molecule has 1 amide bonds. The first-order valence-electron chi connectivity index (χ1n) is 10.4. The van der Waals surface area contributed by atoms with Crippen molar-refractivity contribution in [2.24, 2.45) is 5.73 Å². The minimum Gasteiger partial charge on any atom is -0.502 e. The molecule has 0 unspecified atom stereocenters. The zero-order valence-corrected chi connectivity index (χ0v) is 20.5.